The zero-order chi connectivity index (χ0) is 9.27. The van der Waals surface area contributed by atoms with Crippen LogP contribution in [0.4, 0.5) is 0 Å². The number of rotatable bonds is 1. The molecule has 0 nitrogen and oxygen atoms in total. The molecule has 0 N–H and O–H groups in total. The van der Waals surface area contributed by atoms with E-state index >= 15 is 0 Å². The van der Waals surface area contributed by atoms with E-state index in [1.54, 1.807) is 32.1 Å². The SMILES string of the molecule is BC(B)(C)C1CC2CCC23CC3C1. The highest BCUT2D eigenvalue weighted by Gasteiger charge is 2.66. The summed E-state index contributed by atoms with van der Waals surface area (Å²) >= 11 is 0. The Labute approximate surface area is 83.7 Å². The Balaban J connectivity index is 1.76. The molecule has 2 heteroatoms. The lowest BCUT2D eigenvalue weighted by molar-refractivity contribution is 0.0538. The first kappa shape index (κ1) is 8.44. The Hall–Kier alpha value is 0.130. The molecule has 4 atom stereocenters. The van der Waals surface area contributed by atoms with Gasteiger partial charge in [0.15, 0.2) is 0 Å². The molecule has 13 heavy (non-hydrogen) atoms. The quantitative estimate of drug-likeness (QED) is 0.524. The van der Waals surface area contributed by atoms with E-state index in [9.17, 15) is 0 Å². The third kappa shape index (κ3) is 1.01. The minimum atomic E-state index is 0.574. The molecule has 0 aromatic rings. The molecule has 0 aromatic carbocycles. The van der Waals surface area contributed by atoms with Crippen molar-refractivity contribution in [2.24, 2.45) is 23.2 Å². The maximum Gasteiger partial charge on any atom is 0.0992 e. The first-order valence-electron chi connectivity index (χ1n) is 6.02. The minimum Gasteiger partial charge on any atom is -0.0845 e. The fourth-order valence-electron chi connectivity index (χ4n) is 4.09. The van der Waals surface area contributed by atoms with Gasteiger partial charge in [0.2, 0.25) is 0 Å². The highest BCUT2D eigenvalue weighted by Crippen LogP contribution is 2.75. The van der Waals surface area contributed by atoms with Crippen molar-refractivity contribution in [3.63, 3.8) is 0 Å². The lowest BCUT2D eigenvalue weighted by Gasteiger charge is -2.48. The molecule has 4 unspecified atom stereocenters. The van der Waals surface area contributed by atoms with Gasteiger partial charge in [-0.1, -0.05) is 12.1 Å². The van der Waals surface area contributed by atoms with Crippen LogP contribution in [0.5, 0.6) is 0 Å². The molecule has 0 aromatic heterocycles. The van der Waals surface area contributed by atoms with Gasteiger partial charge in [0, 0.05) is 0 Å². The fourth-order valence-corrected chi connectivity index (χ4v) is 4.09. The topological polar surface area (TPSA) is 0 Å². The molecule has 0 saturated heterocycles. The van der Waals surface area contributed by atoms with Gasteiger partial charge in [0.05, 0.1) is 15.7 Å². The first-order chi connectivity index (χ1) is 6.02. The summed E-state index contributed by atoms with van der Waals surface area (Å²) < 4.78 is 0. The Morgan fingerprint density at radius 3 is 2.38 bits per heavy atom. The van der Waals surface area contributed by atoms with Crippen molar-refractivity contribution in [2.45, 2.75) is 44.2 Å². The zero-order valence-electron chi connectivity index (χ0n) is 9.27. The second kappa shape index (κ2) is 2.20. The molecule has 3 saturated carbocycles. The predicted molar refractivity (Wildman–Crippen MR) is 61.4 cm³/mol. The molecule has 3 aliphatic rings. The molecule has 70 valence electrons. The van der Waals surface area contributed by atoms with Crippen LogP contribution in [-0.4, -0.2) is 15.7 Å². The van der Waals surface area contributed by atoms with Crippen LogP contribution in [0.15, 0.2) is 0 Å². The van der Waals surface area contributed by atoms with Crippen LogP contribution < -0.4 is 0 Å². The van der Waals surface area contributed by atoms with Crippen molar-refractivity contribution in [1.29, 1.82) is 0 Å². The largest absolute Gasteiger partial charge is 0.0992 e. The van der Waals surface area contributed by atoms with Crippen LogP contribution in [0.25, 0.3) is 0 Å². The van der Waals surface area contributed by atoms with Crippen molar-refractivity contribution in [2.75, 3.05) is 0 Å². The third-order valence-electron chi connectivity index (χ3n) is 5.41. The van der Waals surface area contributed by atoms with E-state index in [0.717, 1.165) is 23.2 Å². The molecule has 0 radical (unpaired) electrons. The summed E-state index contributed by atoms with van der Waals surface area (Å²) in [5.41, 5.74) is 0.932. The molecule has 0 bridgehead atoms. The summed E-state index contributed by atoms with van der Waals surface area (Å²) in [7, 11) is 4.87. The van der Waals surface area contributed by atoms with E-state index in [1.165, 1.54) is 0 Å². The van der Waals surface area contributed by atoms with E-state index in [0.29, 0.717) is 5.21 Å². The second-order valence-corrected chi connectivity index (χ2v) is 6.90. The van der Waals surface area contributed by atoms with Gasteiger partial charge in [0.1, 0.15) is 0 Å². The van der Waals surface area contributed by atoms with E-state index in [4.69, 9.17) is 0 Å². The average molecular weight is 174 g/mol. The lowest BCUT2D eigenvalue weighted by atomic mass is 9.44. The summed E-state index contributed by atoms with van der Waals surface area (Å²) in [5.74, 6) is 3.33. The lowest BCUT2D eigenvalue weighted by Crippen LogP contribution is -2.38. The summed E-state index contributed by atoms with van der Waals surface area (Å²) in [4.78, 5) is 0. The molecular weight excluding hydrogens is 154 g/mol. The highest BCUT2D eigenvalue weighted by molar-refractivity contribution is 6.39. The third-order valence-corrected chi connectivity index (χ3v) is 5.41. The molecular formula is C11H20B2. The minimum absolute atomic E-state index is 0.574. The van der Waals surface area contributed by atoms with Crippen molar-refractivity contribution in [3.05, 3.63) is 0 Å². The van der Waals surface area contributed by atoms with Gasteiger partial charge in [-0.05, 0) is 55.3 Å². The van der Waals surface area contributed by atoms with Gasteiger partial charge in [-0.2, -0.15) is 0 Å². The van der Waals surface area contributed by atoms with Crippen LogP contribution in [0.3, 0.4) is 0 Å². The van der Waals surface area contributed by atoms with E-state index in [1.807, 2.05) is 0 Å². The number of hydrogen-bond acceptors (Lipinski definition) is 0. The first-order valence-corrected chi connectivity index (χ1v) is 6.02. The van der Waals surface area contributed by atoms with Gasteiger partial charge >= 0.3 is 0 Å². The summed E-state index contributed by atoms with van der Waals surface area (Å²) in [5, 5.41) is 0.574. The van der Waals surface area contributed by atoms with Crippen molar-refractivity contribution in [1.82, 2.24) is 0 Å². The van der Waals surface area contributed by atoms with Crippen molar-refractivity contribution < 1.29 is 0 Å². The van der Waals surface area contributed by atoms with Crippen LogP contribution in [0.2, 0.25) is 5.21 Å². The fraction of sp³-hybridized carbons (Fsp3) is 1.00. The zero-order valence-corrected chi connectivity index (χ0v) is 9.27. The maximum absolute atomic E-state index is 2.44. The summed E-state index contributed by atoms with van der Waals surface area (Å²) in [6, 6.07) is 0. The van der Waals surface area contributed by atoms with Gasteiger partial charge in [-0.3, -0.25) is 0 Å². The Morgan fingerprint density at radius 1 is 1.23 bits per heavy atom. The molecule has 3 rings (SSSR count). The maximum atomic E-state index is 2.44. The van der Waals surface area contributed by atoms with E-state index in [-0.39, 0.29) is 0 Å². The Morgan fingerprint density at radius 2 is 1.92 bits per heavy atom. The smallest absolute Gasteiger partial charge is 0.0845 e. The summed E-state index contributed by atoms with van der Waals surface area (Å²) in [6.45, 7) is 2.44. The average Bonchev–Trinajstić information content (AvgIpc) is 2.68. The van der Waals surface area contributed by atoms with Crippen molar-refractivity contribution in [3.8, 4) is 0 Å². The van der Waals surface area contributed by atoms with Crippen LogP contribution in [-0.2, 0) is 0 Å². The molecule has 3 fully saturated rings. The molecule has 3 aliphatic carbocycles. The van der Waals surface area contributed by atoms with Gasteiger partial charge < -0.3 is 0 Å². The van der Waals surface area contributed by atoms with Crippen molar-refractivity contribution >= 4 is 15.7 Å². The van der Waals surface area contributed by atoms with Gasteiger partial charge in [-0.15, -0.1) is 0 Å². The van der Waals surface area contributed by atoms with E-state index in [2.05, 4.69) is 22.6 Å². The van der Waals surface area contributed by atoms with E-state index < -0.39 is 0 Å². The Kier molecular flexibility index (Phi) is 1.43. The predicted octanol–water partition coefficient (Wildman–Crippen LogP) is 1.22. The van der Waals surface area contributed by atoms with Crippen LogP contribution in [0.1, 0.15) is 39.0 Å². The van der Waals surface area contributed by atoms with Crippen LogP contribution >= 0.6 is 0 Å². The van der Waals surface area contributed by atoms with Gasteiger partial charge in [0.25, 0.3) is 0 Å². The molecule has 0 amide bonds. The normalized spacial score (nSPS) is 53.2. The molecule has 1 spiro atoms. The van der Waals surface area contributed by atoms with Gasteiger partial charge in [-0.25, -0.2) is 0 Å². The van der Waals surface area contributed by atoms with Crippen LogP contribution in [0, 0.1) is 23.2 Å². The molecule has 0 heterocycles. The molecule has 0 aliphatic heterocycles. The summed E-state index contributed by atoms with van der Waals surface area (Å²) in [6.07, 6.45) is 7.85. The standard InChI is InChI=1S/C11H20B2/c1-10(12,13)8-4-7-2-3-11(7)6-9(11)5-8/h7-9H,2-6,12-13H2,1H3. The second-order valence-electron chi connectivity index (χ2n) is 6.90. The Bertz CT molecular complexity index is 243. The highest BCUT2D eigenvalue weighted by atomic mass is 14.7. The number of hydrogen-bond donors (Lipinski definition) is 0. The monoisotopic (exact) mass is 174 g/mol.